The fourth-order valence-corrected chi connectivity index (χ4v) is 1.94. The first-order chi connectivity index (χ1) is 6.72. The van der Waals surface area contributed by atoms with Crippen molar-refractivity contribution in [2.24, 2.45) is 0 Å². The number of ether oxygens (including phenoxy) is 1. The van der Waals surface area contributed by atoms with Crippen LogP contribution >= 0.6 is 27.5 Å². The van der Waals surface area contributed by atoms with Gasteiger partial charge in [0.05, 0.1) is 7.11 Å². The molecule has 1 heterocycles. The molecule has 0 saturated carbocycles. The van der Waals surface area contributed by atoms with Crippen molar-refractivity contribution >= 4 is 38.4 Å². The summed E-state index contributed by atoms with van der Waals surface area (Å²) in [6.07, 6.45) is 1.73. The van der Waals surface area contributed by atoms with E-state index in [-0.39, 0.29) is 0 Å². The number of halogens is 2. The van der Waals surface area contributed by atoms with Gasteiger partial charge in [-0.05, 0) is 12.1 Å². The Labute approximate surface area is 95.0 Å². The minimum Gasteiger partial charge on any atom is -0.494 e. The normalized spacial score (nSPS) is 10.5. The summed E-state index contributed by atoms with van der Waals surface area (Å²) >= 11 is 9.39. The molecule has 1 aromatic carbocycles. The molecule has 14 heavy (non-hydrogen) atoms. The topological polar surface area (TPSA) is 22.1 Å². The van der Waals surface area contributed by atoms with Crippen LogP contribution in [0, 0.1) is 0 Å². The molecule has 2 aromatic rings. The van der Waals surface area contributed by atoms with E-state index in [9.17, 15) is 0 Å². The summed E-state index contributed by atoms with van der Waals surface area (Å²) in [6, 6.07) is 5.48. The number of fused-ring (bicyclic) bond motifs is 1. The lowest BCUT2D eigenvalue weighted by Crippen LogP contribution is -1.88. The molecule has 0 aliphatic rings. The molecule has 0 amide bonds. The summed E-state index contributed by atoms with van der Waals surface area (Å²) < 4.78 is 6.16. The fourth-order valence-electron chi connectivity index (χ4n) is 1.31. The summed E-state index contributed by atoms with van der Waals surface area (Å²) in [5.74, 6) is 0.689. The highest BCUT2D eigenvalue weighted by atomic mass is 79.9. The number of pyridine rings is 1. The molecule has 0 aliphatic heterocycles. The fraction of sp³-hybridized carbons (Fsp3) is 0.100. The van der Waals surface area contributed by atoms with Crippen molar-refractivity contribution in [1.29, 1.82) is 0 Å². The van der Waals surface area contributed by atoms with Crippen LogP contribution in [-0.2, 0) is 0 Å². The van der Waals surface area contributed by atoms with Gasteiger partial charge >= 0.3 is 0 Å². The minimum absolute atomic E-state index is 0.642. The second kappa shape index (κ2) is 3.75. The Morgan fingerprint density at radius 2 is 2.21 bits per heavy atom. The molecule has 2 rings (SSSR count). The number of hydrogen-bond acceptors (Lipinski definition) is 2. The summed E-state index contributed by atoms with van der Waals surface area (Å²) in [7, 11) is 1.60. The lowest BCUT2D eigenvalue weighted by atomic mass is 10.2. The Morgan fingerprint density at radius 3 is 2.93 bits per heavy atom. The predicted molar refractivity (Wildman–Crippen MR) is 61.0 cm³/mol. The van der Waals surface area contributed by atoms with Crippen molar-refractivity contribution in [2.75, 3.05) is 7.11 Å². The van der Waals surface area contributed by atoms with E-state index in [0.29, 0.717) is 10.8 Å². The minimum atomic E-state index is 0.642. The van der Waals surface area contributed by atoms with Crippen LogP contribution in [0.1, 0.15) is 0 Å². The lowest BCUT2D eigenvalue weighted by molar-refractivity contribution is 0.419. The van der Waals surface area contributed by atoms with Crippen LogP contribution in [0.5, 0.6) is 5.75 Å². The summed E-state index contributed by atoms with van der Waals surface area (Å²) in [6.45, 7) is 0. The highest BCUT2D eigenvalue weighted by Gasteiger charge is 2.06. The van der Waals surface area contributed by atoms with Gasteiger partial charge in [0.15, 0.2) is 0 Å². The molecule has 4 heteroatoms. The van der Waals surface area contributed by atoms with Gasteiger partial charge in [-0.15, -0.1) is 0 Å². The Morgan fingerprint density at radius 1 is 1.43 bits per heavy atom. The monoisotopic (exact) mass is 271 g/mol. The Hall–Kier alpha value is -0.800. The van der Waals surface area contributed by atoms with Crippen molar-refractivity contribution in [3.05, 3.63) is 33.9 Å². The van der Waals surface area contributed by atoms with Crippen LogP contribution < -0.4 is 4.74 Å². The molecule has 0 fully saturated rings. The first kappa shape index (κ1) is 9.74. The Bertz CT molecular complexity index is 487. The van der Waals surface area contributed by atoms with Gasteiger partial charge in [-0.3, -0.25) is 4.98 Å². The lowest BCUT2D eigenvalue weighted by Gasteiger charge is -2.06. The first-order valence-electron chi connectivity index (χ1n) is 4.00. The van der Waals surface area contributed by atoms with Crippen molar-refractivity contribution < 1.29 is 4.74 Å². The predicted octanol–water partition coefficient (Wildman–Crippen LogP) is 3.66. The average molecular weight is 273 g/mol. The third-order valence-corrected chi connectivity index (χ3v) is 2.85. The molecule has 0 radical (unpaired) electrons. The number of methoxy groups -OCH3 is 1. The second-order valence-electron chi connectivity index (χ2n) is 2.80. The third kappa shape index (κ3) is 1.57. The maximum absolute atomic E-state index is 5.95. The molecule has 2 nitrogen and oxygen atoms in total. The second-order valence-corrected chi connectivity index (χ2v) is 4.09. The van der Waals surface area contributed by atoms with Crippen molar-refractivity contribution in [3.63, 3.8) is 0 Å². The molecule has 0 spiro atoms. The zero-order chi connectivity index (χ0) is 10.1. The maximum atomic E-state index is 5.95. The van der Waals surface area contributed by atoms with Crippen molar-refractivity contribution in [3.8, 4) is 5.75 Å². The molecule has 0 saturated heterocycles. The van der Waals surface area contributed by atoms with Gasteiger partial charge in [-0.1, -0.05) is 27.5 Å². The molecular formula is C10H7BrClNO. The van der Waals surface area contributed by atoms with Crippen LogP contribution in [0.2, 0.25) is 5.02 Å². The van der Waals surface area contributed by atoms with Crippen LogP contribution in [0.15, 0.2) is 28.9 Å². The van der Waals surface area contributed by atoms with E-state index < -0.39 is 0 Å². The van der Waals surface area contributed by atoms with Gasteiger partial charge in [0, 0.05) is 27.1 Å². The van der Waals surface area contributed by atoms with E-state index in [2.05, 4.69) is 20.9 Å². The molecular weight excluding hydrogens is 265 g/mol. The SMILES string of the molecule is COc1cc(Cl)cc2c(Br)ccnc12. The Balaban J connectivity index is 2.87. The molecule has 0 atom stereocenters. The van der Waals surface area contributed by atoms with E-state index in [1.54, 1.807) is 19.4 Å². The van der Waals surface area contributed by atoms with Gasteiger partial charge in [-0.2, -0.15) is 0 Å². The largest absolute Gasteiger partial charge is 0.494 e. The number of hydrogen-bond donors (Lipinski definition) is 0. The third-order valence-electron chi connectivity index (χ3n) is 1.94. The zero-order valence-electron chi connectivity index (χ0n) is 7.42. The van der Waals surface area contributed by atoms with Gasteiger partial charge in [-0.25, -0.2) is 0 Å². The smallest absolute Gasteiger partial charge is 0.146 e. The highest BCUT2D eigenvalue weighted by molar-refractivity contribution is 9.10. The van der Waals surface area contributed by atoms with Crippen LogP contribution in [0.25, 0.3) is 10.9 Å². The standard InChI is InChI=1S/C10H7BrClNO/c1-14-9-5-6(12)4-7-8(11)2-3-13-10(7)9/h2-5H,1H3. The molecule has 0 aliphatic carbocycles. The van der Waals surface area contributed by atoms with Gasteiger partial charge in [0.2, 0.25) is 0 Å². The van der Waals surface area contributed by atoms with Gasteiger partial charge in [0.1, 0.15) is 11.3 Å². The van der Waals surface area contributed by atoms with Gasteiger partial charge in [0.25, 0.3) is 0 Å². The number of rotatable bonds is 1. The molecule has 1 aromatic heterocycles. The van der Waals surface area contributed by atoms with Crippen LogP contribution in [-0.4, -0.2) is 12.1 Å². The summed E-state index contributed by atoms with van der Waals surface area (Å²) in [5, 5.41) is 1.60. The highest BCUT2D eigenvalue weighted by Crippen LogP contribution is 2.32. The number of benzene rings is 1. The van der Waals surface area contributed by atoms with Crippen molar-refractivity contribution in [2.45, 2.75) is 0 Å². The Kier molecular flexibility index (Phi) is 2.61. The number of aromatic nitrogens is 1. The molecule has 0 bridgehead atoms. The van der Waals surface area contributed by atoms with Crippen LogP contribution in [0.3, 0.4) is 0 Å². The first-order valence-corrected chi connectivity index (χ1v) is 5.17. The average Bonchev–Trinajstić information content (AvgIpc) is 2.18. The van der Waals surface area contributed by atoms with E-state index >= 15 is 0 Å². The maximum Gasteiger partial charge on any atom is 0.146 e. The molecule has 72 valence electrons. The van der Waals surface area contributed by atoms with E-state index in [0.717, 1.165) is 15.4 Å². The van der Waals surface area contributed by atoms with E-state index in [4.69, 9.17) is 16.3 Å². The van der Waals surface area contributed by atoms with Crippen LogP contribution in [0.4, 0.5) is 0 Å². The molecule has 0 unspecified atom stereocenters. The van der Waals surface area contributed by atoms with E-state index in [1.807, 2.05) is 12.1 Å². The quantitative estimate of drug-likeness (QED) is 0.790. The molecule has 0 N–H and O–H groups in total. The van der Waals surface area contributed by atoms with Gasteiger partial charge < -0.3 is 4.74 Å². The number of nitrogens with zero attached hydrogens (tertiary/aromatic N) is 1. The summed E-state index contributed by atoms with van der Waals surface area (Å²) in [5.41, 5.74) is 0.811. The van der Waals surface area contributed by atoms with Crippen molar-refractivity contribution in [1.82, 2.24) is 4.98 Å². The zero-order valence-corrected chi connectivity index (χ0v) is 9.76. The summed E-state index contributed by atoms with van der Waals surface area (Å²) in [4.78, 5) is 4.24. The van der Waals surface area contributed by atoms with E-state index in [1.165, 1.54) is 0 Å².